The van der Waals surface area contributed by atoms with Crippen LogP contribution in [0.3, 0.4) is 0 Å². The fourth-order valence-corrected chi connectivity index (χ4v) is 5.12. The van der Waals surface area contributed by atoms with Gasteiger partial charge in [0.05, 0.1) is 5.56 Å². The number of fused-ring (bicyclic) bond motifs is 1. The van der Waals surface area contributed by atoms with Gasteiger partial charge in [-0.2, -0.15) is 0 Å². The molecule has 0 heterocycles. The first-order valence-electron chi connectivity index (χ1n) is 10.6. The van der Waals surface area contributed by atoms with Crippen molar-refractivity contribution in [2.24, 2.45) is 5.92 Å². The van der Waals surface area contributed by atoms with Crippen LogP contribution in [0.15, 0.2) is 66.8 Å². The van der Waals surface area contributed by atoms with Gasteiger partial charge in [-0.25, -0.2) is 4.79 Å². The van der Waals surface area contributed by atoms with Crippen LogP contribution < -0.4 is 0 Å². The van der Waals surface area contributed by atoms with Crippen molar-refractivity contribution < 1.29 is 14.7 Å². The van der Waals surface area contributed by atoms with E-state index in [1.54, 1.807) is 12.1 Å². The van der Waals surface area contributed by atoms with Crippen LogP contribution in [-0.4, -0.2) is 16.9 Å². The van der Waals surface area contributed by atoms with Crippen molar-refractivity contribution in [3.8, 4) is 0 Å². The average molecular weight is 401 g/mol. The number of rotatable bonds is 6. The normalized spacial score (nSPS) is 22.9. The maximum absolute atomic E-state index is 13.0. The molecule has 0 spiro atoms. The number of hydrogen-bond donors (Lipinski definition) is 1. The maximum Gasteiger partial charge on any atom is 0.335 e. The number of carbonyl (C=O) groups excluding carboxylic acids is 1. The molecule has 1 saturated carbocycles. The molecule has 0 saturated heterocycles. The minimum atomic E-state index is -0.941. The van der Waals surface area contributed by atoms with E-state index in [1.807, 2.05) is 12.1 Å². The summed E-state index contributed by atoms with van der Waals surface area (Å²) in [6, 6.07) is 13.6. The molecule has 1 fully saturated rings. The van der Waals surface area contributed by atoms with Crippen molar-refractivity contribution >= 4 is 11.8 Å². The Labute approximate surface area is 178 Å². The van der Waals surface area contributed by atoms with Gasteiger partial charge < -0.3 is 5.11 Å². The quantitative estimate of drug-likeness (QED) is 0.655. The van der Waals surface area contributed by atoms with Gasteiger partial charge in [-0.05, 0) is 60.4 Å². The fourth-order valence-electron chi connectivity index (χ4n) is 5.12. The molecule has 4 rings (SSSR count). The molecule has 2 aromatic carbocycles. The van der Waals surface area contributed by atoms with Gasteiger partial charge in [-0.15, -0.1) is 0 Å². The molecule has 3 heteroatoms. The van der Waals surface area contributed by atoms with E-state index in [1.165, 1.54) is 23.1 Å². The highest BCUT2D eigenvalue weighted by atomic mass is 16.4. The lowest BCUT2D eigenvalue weighted by atomic mass is 9.75. The molecule has 2 aliphatic rings. The minimum absolute atomic E-state index is 0.204. The lowest BCUT2D eigenvalue weighted by Gasteiger charge is -2.28. The minimum Gasteiger partial charge on any atom is -0.478 e. The van der Waals surface area contributed by atoms with Crippen molar-refractivity contribution in [1.82, 2.24) is 0 Å². The number of aryl methyl sites for hydroxylation is 2. The largest absolute Gasteiger partial charge is 0.478 e. The molecular formula is C27H28O3. The number of aromatic carboxylic acids is 1. The summed E-state index contributed by atoms with van der Waals surface area (Å²) >= 11 is 0. The van der Waals surface area contributed by atoms with Crippen LogP contribution in [0.2, 0.25) is 0 Å². The average Bonchev–Trinajstić information content (AvgIpc) is 3.26. The highest BCUT2D eigenvalue weighted by Gasteiger charge is 2.46. The standard InChI is InChI=1S/C27H28O3/c1-17(13-21-7-4-5-10-23(21)26(29)30)14-24-18(2)27(3,16-25(24)28)22-12-11-19-8-6-9-20(19)15-22/h4-5,7,10-12,15,24H,1-2,6,8-9,13-14,16H2,3H3,(H,29,30). The van der Waals surface area contributed by atoms with Crippen molar-refractivity contribution in [2.75, 3.05) is 0 Å². The summed E-state index contributed by atoms with van der Waals surface area (Å²) in [6.07, 6.45) is 4.90. The van der Waals surface area contributed by atoms with Crippen molar-refractivity contribution in [1.29, 1.82) is 0 Å². The summed E-state index contributed by atoms with van der Waals surface area (Å²) in [5, 5.41) is 9.41. The number of Topliss-reactive ketones (excluding diaryl/α,β-unsaturated/α-hetero) is 1. The van der Waals surface area contributed by atoms with Gasteiger partial charge in [0.1, 0.15) is 5.78 Å². The zero-order valence-corrected chi connectivity index (χ0v) is 17.5. The van der Waals surface area contributed by atoms with Crippen molar-refractivity contribution in [3.63, 3.8) is 0 Å². The van der Waals surface area contributed by atoms with Crippen molar-refractivity contribution in [3.05, 3.63) is 94.6 Å². The maximum atomic E-state index is 13.0. The fraction of sp³-hybridized carbons (Fsp3) is 0.333. The summed E-state index contributed by atoms with van der Waals surface area (Å²) in [6.45, 7) is 10.7. The molecule has 0 aromatic heterocycles. The topological polar surface area (TPSA) is 54.4 Å². The van der Waals surface area contributed by atoms with E-state index in [4.69, 9.17) is 0 Å². The molecule has 0 radical (unpaired) electrons. The summed E-state index contributed by atoms with van der Waals surface area (Å²) in [5.41, 5.74) is 6.51. The first-order valence-corrected chi connectivity index (χ1v) is 10.6. The zero-order valence-electron chi connectivity index (χ0n) is 17.5. The van der Waals surface area contributed by atoms with Gasteiger partial charge in [0.15, 0.2) is 0 Å². The van der Waals surface area contributed by atoms with E-state index < -0.39 is 5.97 Å². The second-order valence-corrected chi connectivity index (χ2v) is 8.98. The summed E-state index contributed by atoms with van der Waals surface area (Å²) in [5.74, 6) is -0.993. The van der Waals surface area contributed by atoms with E-state index in [2.05, 4.69) is 38.3 Å². The summed E-state index contributed by atoms with van der Waals surface area (Å²) in [7, 11) is 0. The number of benzene rings is 2. The molecule has 30 heavy (non-hydrogen) atoms. The zero-order chi connectivity index (χ0) is 21.5. The Morgan fingerprint density at radius 2 is 1.90 bits per heavy atom. The SMILES string of the molecule is C=C(Cc1ccccc1C(=O)O)CC1C(=C)C(C)(c2ccc3c(c2)CCC3)CC1=O. The number of carboxylic acid groups (broad SMARTS) is 1. The summed E-state index contributed by atoms with van der Waals surface area (Å²) < 4.78 is 0. The lowest BCUT2D eigenvalue weighted by molar-refractivity contribution is -0.120. The van der Waals surface area contributed by atoms with E-state index in [9.17, 15) is 14.7 Å². The molecule has 2 atom stereocenters. The monoisotopic (exact) mass is 400 g/mol. The molecule has 2 aromatic rings. The molecule has 2 aliphatic carbocycles. The van der Waals surface area contributed by atoms with Gasteiger partial charge >= 0.3 is 5.97 Å². The Balaban J connectivity index is 1.52. The van der Waals surface area contributed by atoms with Crippen LogP contribution >= 0.6 is 0 Å². The number of ketones is 1. The van der Waals surface area contributed by atoms with E-state index in [0.717, 1.165) is 29.6 Å². The molecule has 154 valence electrons. The highest BCUT2D eigenvalue weighted by molar-refractivity contribution is 5.91. The number of carboxylic acids is 1. The third kappa shape index (κ3) is 3.54. The Bertz CT molecular complexity index is 1060. The number of carbonyl (C=O) groups is 2. The third-order valence-corrected chi connectivity index (χ3v) is 6.96. The van der Waals surface area contributed by atoms with Gasteiger partial charge in [0.2, 0.25) is 0 Å². The van der Waals surface area contributed by atoms with Gasteiger partial charge in [0, 0.05) is 17.8 Å². The van der Waals surface area contributed by atoms with Crippen LogP contribution in [-0.2, 0) is 29.5 Å². The van der Waals surface area contributed by atoms with Crippen LogP contribution in [0.1, 0.15) is 58.8 Å². The molecule has 0 amide bonds. The van der Waals surface area contributed by atoms with E-state index in [-0.39, 0.29) is 17.1 Å². The first kappa shape index (κ1) is 20.3. The Hall–Kier alpha value is -2.94. The van der Waals surface area contributed by atoms with Crippen molar-refractivity contribution in [2.45, 2.75) is 50.9 Å². The Kier molecular flexibility index (Phi) is 5.23. The Morgan fingerprint density at radius 3 is 2.67 bits per heavy atom. The molecule has 0 bridgehead atoms. The highest BCUT2D eigenvalue weighted by Crippen LogP contribution is 2.48. The van der Waals surface area contributed by atoms with Crippen LogP contribution in [0.25, 0.3) is 0 Å². The first-order chi connectivity index (χ1) is 14.3. The predicted molar refractivity (Wildman–Crippen MR) is 119 cm³/mol. The van der Waals surface area contributed by atoms with Gasteiger partial charge in [0.25, 0.3) is 0 Å². The molecule has 3 nitrogen and oxygen atoms in total. The summed E-state index contributed by atoms with van der Waals surface area (Å²) in [4.78, 5) is 24.5. The lowest BCUT2D eigenvalue weighted by Crippen LogP contribution is -2.21. The number of hydrogen-bond acceptors (Lipinski definition) is 2. The van der Waals surface area contributed by atoms with E-state index in [0.29, 0.717) is 24.8 Å². The van der Waals surface area contributed by atoms with E-state index >= 15 is 0 Å². The smallest absolute Gasteiger partial charge is 0.335 e. The van der Waals surface area contributed by atoms with Gasteiger partial charge in [-0.3, -0.25) is 4.79 Å². The predicted octanol–water partition coefficient (Wildman–Crippen LogP) is 5.47. The van der Waals surface area contributed by atoms with Crippen LogP contribution in [0.5, 0.6) is 0 Å². The molecular weight excluding hydrogens is 372 g/mol. The van der Waals surface area contributed by atoms with Crippen LogP contribution in [0.4, 0.5) is 0 Å². The number of allylic oxidation sites excluding steroid dienone is 2. The molecule has 2 unspecified atom stereocenters. The second kappa shape index (κ2) is 7.71. The van der Waals surface area contributed by atoms with Crippen LogP contribution in [0, 0.1) is 5.92 Å². The molecule has 0 aliphatic heterocycles. The Morgan fingerprint density at radius 1 is 1.17 bits per heavy atom. The van der Waals surface area contributed by atoms with Gasteiger partial charge in [-0.1, -0.05) is 67.6 Å². The molecule has 1 N–H and O–H groups in total. The second-order valence-electron chi connectivity index (χ2n) is 8.98. The third-order valence-electron chi connectivity index (χ3n) is 6.96.